The summed E-state index contributed by atoms with van der Waals surface area (Å²) in [5.74, 6) is -0.348. The number of nitrogens with zero attached hydrogens (tertiary/aromatic N) is 1. The van der Waals surface area contributed by atoms with Gasteiger partial charge in [-0.15, -0.1) is 0 Å². The zero-order valence-corrected chi connectivity index (χ0v) is 12.6. The van der Waals surface area contributed by atoms with Gasteiger partial charge in [0, 0.05) is 12.1 Å². The number of carbonyl (C=O) groups excluding carboxylic acids is 1. The van der Waals surface area contributed by atoms with Gasteiger partial charge in [-0.1, -0.05) is 20.4 Å². The Hall–Kier alpha value is -0.960. The van der Waals surface area contributed by atoms with E-state index >= 15 is 0 Å². The van der Waals surface area contributed by atoms with E-state index in [1.165, 1.54) is 6.08 Å². The molecule has 0 heterocycles. The number of ether oxygens (including phenoxy) is 1. The molecule has 0 aliphatic heterocycles. The summed E-state index contributed by atoms with van der Waals surface area (Å²) < 4.78 is 34.6. The summed E-state index contributed by atoms with van der Waals surface area (Å²) in [5.41, 5.74) is 0. The molecule has 0 bridgehead atoms. The van der Waals surface area contributed by atoms with E-state index in [1.807, 2.05) is 6.92 Å². The molecule has 0 saturated carbocycles. The lowest BCUT2D eigenvalue weighted by atomic mass is 10.3. The topological polar surface area (TPSA) is 93.1 Å². The highest BCUT2D eigenvalue weighted by molar-refractivity contribution is 7.80. The van der Waals surface area contributed by atoms with Crippen LogP contribution in [0.3, 0.4) is 0 Å². The van der Waals surface area contributed by atoms with Crippen molar-refractivity contribution in [3.05, 3.63) is 12.7 Å². The van der Waals surface area contributed by atoms with Crippen LogP contribution in [0.4, 0.5) is 0 Å². The number of carbonyl (C=O) groups is 1. The van der Waals surface area contributed by atoms with E-state index in [-0.39, 0.29) is 12.0 Å². The molecule has 0 aromatic carbocycles. The Morgan fingerprint density at radius 3 is 2.11 bits per heavy atom. The average Bonchev–Trinajstić information content (AvgIpc) is 2.37. The minimum atomic E-state index is -4.16. The lowest BCUT2D eigenvalue weighted by Gasteiger charge is -2.25. The SMILES string of the molecule is C=CC(=O)OCC(C)N(CC)CC.COS(=O)(=O)O. The Kier molecular flexibility index (Phi) is 11.7. The minimum Gasteiger partial charge on any atom is -0.461 e. The van der Waals surface area contributed by atoms with Gasteiger partial charge in [-0.25, -0.2) is 4.79 Å². The van der Waals surface area contributed by atoms with Crippen LogP contribution in [0.2, 0.25) is 0 Å². The van der Waals surface area contributed by atoms with Crippen molar-refractivity contribution >= 4 is 16.4 Å². The van der Waals surface area contributed by atoms with Gasteiger partial charge in [-0.2, -0.15) is 8.42 Å². The van der Waals surface area contributed by atoms with E-state index in [1.54, 1.807) is 0 Å². The van der Waals surface area contributed by atoms with Crippen molar-refractivity contribution in [1.82, 2.24) is 4.90 Å². The van der Waals surface area contributed by atoms with E-state index < -0.39 is 10.4 Å². The molecule has 0 rings (SSSR count). The average molecular weight is 297 g/mol. The molecule has 0 amide bonds. The molecule has 0 aliphatic carbocycles. The smallest absolute Gasteiger partial charge is 0.397 e. The maximum Gasteiger partial charge on any atom is 0.397 e. The van der Waals surface area contributed by atoms with Crippen LogP contribution in [-0.2, 0) is 24.1 Å². The van der Waals surface area contributed by atoms with E-state index in [2.05, 4.69) is 29.5 Å². The molecule has 0 radical (unpaired) electrons. The van der Waals surface area contributed by atoms with Crippen LogP contribution in [0.15, 0.2) is 12.7 Å². The Morgan fingerprint density at radius 2 is 1.84 bits per heavy atom. The third-order valence-corrected chi connectivity index (χ3v) is 2.70. The highest BCUT2D eigenvalue weighted by Gasteiger charge is 2.10. The van der Waals surface area contributed by atoms with Crippen LogP contribution in [0, 0.1) is 0 Å². The van der Waals surface area contributed by atoms with Crippen molar-refractivity contribution in [2.45, 2.75) is 26.8 Å². The highest BCUT2D eigenvalue weighted by atomic mass is 32.3. The second-order valence-corrected chi connectivity index (χ2v) is 4.69. The summed E-state index contributed by atoms with van der Waals surface area (Å²) in [7, 11) is -3.29. The second-order valence-electron chi connectivity index (χ2n) is 3.50. The van der Waals surface area contributed by atoms with Gasteiger partial charge in [0.2, 0.25) is 0 Å². The van der Waals surface area contributed by atoms with Gasteiger partial charge in [0.05, 0.1) is 7.11 Å². The van der Waals surface area contributed by atoms with Gasteiger partial charge in [-0.3, -0.25) is 13.6 Å². The van der Waals surface area contributed by atoms with Crippen LogP contribution in [0.25, 0.3) is 0 Å². The van der Waals surface area contributed by atoms with Gasteiger partial charge < -0.3 is 4.74 Å². The van der Waals surface area contributed by atoms with Crippen molar-refractivity contribution in [1.29, 1.82) is 0 Å². The lowest BCUT2D eigenvalue weighted by Crippen LogP contribution is -2.36. The number of esters is 1. The van der Waals surface area contributed by atoms with E-state index in [0.29, 0.717) is 6.61 Å². The van der Waals surface area contributed by atoms with Gasteiger partial charge in [0.25, 0.3) is 0 Å². The van der Waals surface area contributed by atoms with Crippen LogP contribution in [-0.4, -0.2) is 56.7 Å². The molecular weight excluding hydrogens is 274 g/mol. The first kappa shape index (κ1) is 20.4. The summed E-state index contributed by atoms with van der Waals surface area (Å²) in [6.45, 7) is 12.0. The van der Waals surface area contributed by atoms with E-state index in [4.69, 9.17) is 9.29 Å². The standard InChI is InChI=1S/C10H19NO2.CH4O4S/c1-5-10(12)13-8-9(4)11(6-2)7-3;1-5-6(2,3)4/h5,9H,1,6-8H2,2-4H3;1H3,(H,2,3,4). The highest BCUT2D eigenvalue weighted by Crippen LogP contribution is 1.98. The molecule has 1 N–H and O–H groups in total. The molecular formula is C11H23NO6S. The predicted octanol–water partition coefficient (Wildman–Crippen LogP) is 0.882. The van der Waals surface area contributed by atoms with Crippen molar-refractivity contribution in [3.8, 4) is 0 Å². The van der Waals surface area contributed by atoms with Crippen LogP contribution in [0.1, 0.15) is 20.8 Å². The predicted molar refractivity (Wildman–Crippen MR) is 72.1 cm³/mol. The molecule has 8 heteroatoms. The molecule has 114 valence electrons. The number of hydrogen-bond acceptors (Lipinski definition) is 6. The molecule has 0 aliphatic rings. The summed E-state index contributed by atoms with van der Waals surface area (Å²) in [6, 6.07) is 0.277. The molecule has 19 heavy (non-hydrogen) atoms. The van der Waals surface area contributed by atoms with Crippen LogP contribution >= 0.6 is 0 Å². The quantitative estimate of drug-likeness (QED) is 0.423. The first-order chi connectivity index (χ1) is 8.71. The minimum absolute atomic E-state index is 0.277. The third-order valence-electron chi connectivity index (χ3n) is 2.28. The zero-order valence-electron chi connectivity index (χ0n) is 11.8. The fourth-order valence-corrected chi connectivity index (χ4v) is 1.21. The first-order valence-electron chi connectivity index (χ1n) is 5.78. The molecule has 7 nitrogen and oxygen atoms in total. The van der Waals surface area contributed by atoms with Gasteiger partial charge in [0.15, 0.2) is 0 Å². The number of rotatable bonds is 7. The van der Waals surface area contributed by atoms with Crippen molar-refractivity contribution in [3.63, 3.8) is 0 Å². The van der Waals surface area contributed by atoms with Gasteiger partial charge in [0.1, 0.15) is 6.61 Å². The summed E-state index contributed by atoms with van der Waals surface area (Å²) in [4.78, 5) is 13.0. The monoisotopic (exact) mass is 297 g/mol. The summed E-state index contributed by atoms with van der Waals surface area (Å²) in [5, 5.41) is 0. The Morgan fingerprint density at radius 1 is 1.42 bits per heavy atom. The molecule has 0 aromatic rings. The first-order valence-corrected chi connectivity index (χ1v) is 7.14. The Balaban J connectivity index is 0. The molecule has 0 fully saturated rings. The van der Waals surface area contributed by atoms with Gasteiger partial charge >= 0.3 is 16.4 Å². The maximum absolute atomic E-state index is 10.8. The molecule has 1 unspecified atom stereocenters. The second kappa shape index (κ2) is 10.9. The van der Waals surface area contributed by atoms with Crippen LogP contribution in [0.5, 0.6) is 0 Å². The zero-order chi connectivity index (χ0) is 15.5. The third kappa shape index (κ3) is 13.3. The molecule has 0 saturated heterocycles. The van der Waals surface area contributed by atoms with E-state index in [9.17, 15) is 13.2 Å². The number of likely N-dealkylation sites (N-methyl/N-ethyl adjacent to an activating group) is 1. The normalized spacial score (nSPS) is 12.3. The van der Waals surface area contributed by atoms with Gasteiger partial charge in [-0.05, 0) is 20.0 Å². The summed E-state index contributed by atoms with van der Waals surface area (Å²) >= 11 is 0. The molecule has 0 spiro atoms. The lowest BCUT2D eigenvalue weighted by molar-refractivity contribution is -0.139. The largest absolute Gasteiger partial charge is 0.461 e. The molecule has 1 atom stereocenters. The molecule has 0 aromatic heterocycles. The Bertz CT molecular complexity index is 350. The summed E-state index contributed by atoms with van der Waals surface area (Å²) in [6.07, 6.45) is 1.19. The fourth-order valence-electron chi connectivity index (χ4n) is 1.21. The van der Waals surface area contributed by atoms with Crippen LogP contribution < -0.4 is 0 Å². The van der Waals surface area contributed by atoms with Crippen molar-refractivity contribution in [2.75, 3.05) is 26.8 Å². The maximum atomic E-state index is 10.8. The van der Waals surface area contributed by atoms with Crippen molar-refractivity contribution in [2.24, 2.45) is 0 Å². The fraction of sp³-hybridized carbons (Fsp3) is 0.727. The van der Waals surface area contributed by atoms with E-state index in [0.717, 1.165) is 20.2 Å². The van der Waals surface area contributed by atoms with Crippen molar-refractivity contribution < 1.29 is 26.7 Å². The number of hydrogen-bond donors (Lipinski definition) is 1. The Labute approximate surface area is 115 Å².